The number of aliphatic imine (C=N–C) groups is 1. The molecule has 1 aromatic carbocycles. The van der Waals surface area contributed by atoms with E-state index in [4.69, 9.17) is 4.74 Å². The number of rotatable bonds is 6. The lowest BCUT2D eigenvalue weighted by molar-refractivity contribution is 0.309. The Hall–Kier alpha value is -3.41. The van der Waals surface area contributed by atoms with Gasteiger partial charge in [-0.25, -0.2) is 9.97 Å². The number of aromatic amines is 1. The number of H-pyrrole nitrogens is 1. The molecule has 0 spiro atoms. The normalized spacial score (nSPS) is 11.4. The standard InChI is InChI=1S/C19H19N5O/c1-12-9-14-11-15(5-6-16(14)22-12)23-19-21-8-7-17(24-19)18(20-3)10-13(2)25-4/h5-11,22H,2-3H2,1,4H3,(H,21,23,24)/b18-10-. The van der Waals surface area contributed by atoms with Crippen LogP contribution < -0.4 is 5.32 Å². The zero-order valence-corrected chi connectivity index (χ0v) is 14.2. The molecule has 0 amide bonds. The van der Waals surface area contributed by atoms with Crippen LogP contribution in [0.2, 0.25) is 0 Å². The first-order valence-corrected chi connectivity index (χ1v) is 7.70. The van der Waals surface area contributed by atoms with Crippen LogP contribution in [-0.2, 0) is 4.74 Å². The minimum absolute atomic E-state index is 0.474. The molecule has 0 saturated heterocycles. The molecule has 0 radical (unpaired) electrons. The number of fused-ring (bicyclic) bond motifs is 1. The highest BCUT2D eigenvalue weighted by molar-refractivity contribution is 5.84. The predicted octanol–water partition coefficient (Wildman–Crippen LogP) is 4.21. The van der Waals surface area contributed by atoms with Gasteiger partial charge in [0.05, 0.1) is 18.5 Å². The van der Waals surface area contributed by atoms with Crippen molar-refractivity contribution < 1.29 is 4.74 Å². The molecule has 0 bridgehead atoms. The molecule has 0 aliphatic rings. The van der Waals surface area contributed by atoms with E-state index < -0.39 is 0 Å². The summed E-state index contributed by atoms with van der Waals surface area (Å²) in [4.78, 5) is 16.0. The number of nitrogens with zero attached hydrogens (tertiary/aromatic N) is 3. The van der Waals surface area contributed by atoms with Crippen LogP contribution in [0.3, 0.4) is 0 Å². The van der Waals surface area contributed by atoms with Crippen LogP contribution in [0.25, 0.3) is 16.6 Å². The second kappa shape index (κ2) is 7.00. The lowest BCUT2D eigenvalue weighted by Gasteiger charge is -2.07. The second-order valence-electron chi connectivity index (χ2n) is 5.50. The highest BCUT2D eigenvalue weighted by Crippen LogP contribution is 2.22. The van der Waals surface area contributed by atoms with Crippen LogP contribution in [0.1, 0.15) is 11.4 Å². The molecule has 0 aliphatic heterocycles. The Morgan fingerprint density at radius 2 is 2.16 bits per heavy atom. The van der Waals surface area contributed by atoms with Gasteiger partial charge in [-0.15, -0.1) is 0 Å². The Labute approximate surface area is 146 Å². The highest BCUT2D eigenvalue weighted by atomic mass is 16.5. The third-order valence-corrected chi connectivity index (χ3v) is 3.66. The zero-order chi connectivity index (χ0) is 17.8. The predicted molar refractivity (Wildman–Crippen MR) is 102 cm³/mol. The van der Waals surface area contributed by atoms with Crippen LogP contribution in [0, 0.1) is 6.92 Å². The van der Waals surface area contributed by atoms with Gasteiger partial charge in [0.25, 0.3) is 0 Å². The summed E-state index contributed by atoms with van der Waals surface area (Å²) in [5, 5.41) is 4.34. The van der Waals surface area contributed by atoms with Crippen molar-refractivity contribution in [2.24, 2.45) is 4.99 Å². The molecule has 6 heteroatoms. The van der Waals surface area contributed by atoms with Crippen LogP contribution in [0.5, 0.6) is 0 Å². The Bertz CT molecular complexity index is 971. The Balaban J connectivity index is 1.88. The minimum Gasteiger partial charge on any atom is -0.497 e. The van der Waals surface area contributed by atoms with E-state index in [1.807, 2.05) is 25.1 Å². The molecule has 0 saturated carbocycles. The number of hydrogen-bond acceptors (Lipinski definition) is 5. The van der Waals surface area contributed by atoms with E-state index >= 15 is 0 Å². The van der Waals surface area contributed by atoms with Crippen LogP contribution in [0.15, 0.2) is 59.9 Å². The van der Waals surface area contributed by atoms with Gasteiger partial charge in [-0.05, 0) is 44.0 Å². The molecule has 126 valence electrons. The van der Waals surface area contributed by atoms with Gasteiger partial charge in [0.15, 0.2) is 0 Å². The van der Waals surface area contributed by atoms with E-state index in [0.717, 1.165) is 22.3 Å². The summed E-state index contributed by atoms with van der Waals surface area (Å²) >= 11 is 0. The topological polar surface area (TPSA) is 75.2 Å². The summed E-state index contributed by atoms with van der Waals surface area (Å²) in [6.45, 7) is 9.37. The molecule has 0 aliphatic carbocycles. The molecule has 0 fully saturated rings. The molecule has 0 unspecified atom stereocenters. The number of ether oxygens (including phenoxy) is 1. The molecule has 2 N–H and O–H groups in total. The monoisotopic (exact) mass is 333 g/mol. The first-order chi connectivity index (χ1) is 12.1. The average molecular weight is 333 g/mol. The molecule has 25 heavy (non-hydrogen) atoms. The number of methoxy groups -OCH3 is 1. The fraction of sp³-hybridized carbons (Fsp3) is 0.105. The van der Waals surface area contributed by atoms with E-state index in [9.17, 15) is 0 Å². The summed E-state index contributed by atoms with van der Waals surface area (Å²) < 4.78 is 5.05. The highest BCUT2D eigenvalue weighted by Gasteiger charge is 2.06. The maximum atomic E-state index is 5.05. The van der Waals surface area contributed by atoms with Crippen molar-refractivity contribution in [3.05, 3.63) is 66.3 Å². The van der Waals surface area contributed by atoms with Crippen molar-refractivity contribution in [1.29, 1.82) is 0 Å². The van der Waals surface area contributed by atoms with Crippen LogP contribution in [0.4, 0.5) is 11.6 Å². The van der Waals surface area contributed by atoms with Gasteiger partial charge in [0, 0.05) is 34.6 Å². The average Bonchev–Trinajstić information content (AvgIpc) is 2.99. The van der Waals surface area contributed by atoms with Crippen molar-refractivity contribution in [2.45, 2.75) is 6.92 Å². The number of aryl methyl sites for hydroxylation is 1. The number of benzene rings is 1. The summed E-state index contributed by atoms with van der Waals surface area (Å²) in [6.07, 6.45) is 3.34. The molecular formula is C19H19N5O. The van der Waals surface area contributed by atoms with Crippen molar-refractivity contribution in [2.75, 3.05) is 12.4 Å². The number of aromatic nitrogens is 3. The molecule has 3 aromatic rings. The van der Waals surface area contributed by atoms with Gasteiger partial charge in [0.2, 0.25) is 5.95 Å². The quantitative estimate of drug-likeness (QED) is 0.402. The van der Waals surface area contributed by atoms with E-state index in [1.165, 1.54) is 0 Å². The fourth-order valence-electron chi connectivity index (χ4n) is 2.46. The summed E-state index contributed by atoms with van der Waals surface area (Å²) in [7, 11) is 1.55. The molecular weight excluding hydrogens is 314 g/mol. The third kappa shape index (κ3) is 3.74. The van der Waals surface area contributed by atoms with Crippen molar-refractivity contribution >= 4 is 35.0 Å². The second-order valence-corrected chi connectivity index (χ2v) is 5.50. The number of allylic oxidation sites excluding steroid dienone is 1. The van der Waals surface area contributed by atoms with E-state index in [1.54, 1.807) is 25.4 Å². The van der Waals surface area contributed by atoms with Crippen molar-refractivity contribution in [3.8, 4) is 0 Å². The van der Waals surface area contributed by atoms with Crippen molar-refractivity contribution in [3.63, 3.8) is 0 Å². The van der Waals surface area contributed by atoms with Gasteiger partial charge in [-0.2, -0.15) is 0 Å². The molecule has 3 rings (SSSR count). The van der Waals surface area contributed by atoms with Gasteiger partial charge in [-0.1, -0.05) is 6.58 Å². The zero-order valence-electron chi connectivity index (χ0n) is 14.2. The minimum atomic E-state index is 0.474. The summed E-state index contributed by atoms with van der Waals surface area (Å²) in [5.41, 5.74) is 4.31. The molecule has 6 nitrogen and oxygen atoms in total. The van der Waals surface area contributed by atoms with Crippen LogP contribution in [-0.4, -0.2) is 28.8 Å². The largest absolute Gasteiger partial charge is 0.497 e. The van der Waals surface area contributed by atoms with Gasteiger partial charge < -0.3 is 15.0 Å². The van der Waals surface area contributed by atoms with E-state index in [-0.39, 0.29) is 0 Å². The lowest BCUT2D eigenvalue weighted by Crippen LogP contribution is -1.99. The van der Waals surface area contributed by atoms with E-state index in [2.05, 4.69) is 44.6 Å². The van der Waals surface area contributed by atoms with Gasteiger partial charge >= 0.3 is 0 Å². The van der Waals surface area contributed by atoms with E-state index in [0.29, 0.717) is 23.1 Å². The maximum Gasteiger partial charge on any atom is 0.227 e. The lowest BCUT2D eigenvalue weighted by atomic mass is 10.2. The summed E-state index contributed by atoms with van der Waals surface area (Å²) in [5.74, 6) is 0.950. The first kappa shape index (κ1) is 16.4. The number of anilines is 2. The van der Waals surface area contributed by atoms with Gasteiger partial charge in [-0.3, -0.25) is 4.99 Å². The molecule has 2 heterocycles. The third-order valence-electron chi connectivity index (χ3n) is 3.66. The summed E-state index contributed by atoms with van der Waals surface area (Å²) in [6, 6.07) is 9.89. The van der Waals surface area contributed by atoms with Crippen molar-refractivity contribution in [1.82, 2.24) is 15.0 Å². The SMILES string of the molecule is C=N/C(=C\C(=C)OC)c1ccnc(Nc2ccc3[nH]c(C)cc3c2)n1. The number of nitrogens with one attached hydrogen (secondary N) is 2. The Morgan fingerprint density at radius 1 is 1.32 bits per heavy atom. The fourth-order valence-corrected chi connectivity index (χ4v) is 2.46. The first-order valence-electron chi connectivity index (χ1n) is 7.70. The molecule has 0 atom stereocenters. The van der Waals surface area contributed by atoms with Gasteiger partial charge in [0.1, 0.15) is 5.76 Å². The van der Waals surface area contributed by atoms with Crippen LogP contribution >= 0.6 is 0 Å². The Kier molecular flexibility index (Phi) is 4.61. The Morgan fingerprint density at radius 3 is 2.92 bits per heavy atom. The molecule has 2 aromatic heterocycles. The smallest absolute Gasteiger partial charge is 0.227 e. The number of hydrogen-bond donors (Lipinski definition) is 2. The maximum absolute atomic E-state index is 5.05.